The van der Waals surface area contributed by atoms with E-state index in [0.717, 1.165) is 25.7 Å². The number of rotatable bonds is 5. The van der Waals surface area contributed by atoms with Crippen molar-refractivity contribution in [2.75, 3.05) is 11.4 Å². The van der Waals surface area contributed by atoms with Crippen LogP contribution in [0.25, 0.3) is 0 Å². The molecule has 0 unspecified atom stereocenters. The Labute approximate surface area is 125 Å². The number of nitrogens with zero attached hydrogens (tertiary/aromatic N) is 3. The smallest absolute Gasteiger partial charge is 0.156 e. The van der Waals surface area contributed by atoms with E-state index in [1.54, 1.807) is 0 Å². The number of hydrogen-bond donors (Lipinski definition) is 0. The number of aldehydes is 1. The molecule has 0 radical (unpaired) electrons. The van der Waals surface area contributed by atoms with Gasteiger partial charge in [0.2, 0.25) is 0 Å². The highest BCUT2D eigenvalue weighted by Crippen LogP contribution is 2.31. The van der Waals surface area contributed by atoms with Gasteiger partial charge in [-0.2, -0.15) is 0 Å². The van der Waals surface area contributed by atoms with Crippen LogP contribution in [0, 0.1) is 12.8 Å². The van der Waals surface area contributed by atoms with E-state index in [1.165, 1.54) is 12.8 Å². The molecule has 20 heavy (non-hydrogen) atoms. The molecule has 0 saturated heterocycles. The third-order valence-corrected chi connectivity index (χ3v) is 4.00. The topological polar surface area (TPSA) is 46.1 Å². The molecule has 0 bridgehead atoms. The Kier molecular flexibility index (Phi) is 4.97. The minimum absolute atomic E-state index is 0.259. The minimum atomic E-state index is 0.259. The second-order valence-corrected chi connectivity index (χ2v) is 6.26. The Morgan fingerprint density at radius 2 is 2.00 bits per heavy atom. The van der Waals surface area contributed by atoms with Crippen molar-refractivity contribution in [2.24, 2.45) is 5.92 Å². The van der Waals surface area contributed by atoms with Crippen LogP contribution in [0.3, 0.4) is 0 Å². The predicted octanol–water partition coefficient (Wildman–Crippen LogP) is 3.66. The van der Waals surface area contributed by atoms with Gasteiger partial charge in [-0.25, -0.2) is 9.97 Å². The summed E-state index contributed by atoms with van der Waals surface area (Å²) in [5.74, 6) is 1.82. The van der Waals surface area contributed by atoms with Crippen LogP contribution >= 0.6 is 11.6 Å². The number of halogens is 1. The fourth-order valence-corrected chi connectivity index (χ4v) is 3.12. The lowest BCUT2D eigenvalue weighted by Gasteiger charge is -2.32. The summed E-state index contributed by atoms with van der Waals surface area (Å²) in [6, 6.07) is 0.460. The summed E-state index contributed by atoms with van der Waals surface area (Å²) in [5.41, 5.74) is 0.421. The van der Waals surface area contributed by atoms with Gasteiger partial charge in [-0.15, -0.1) is 0 Å². The van der Waals surface area contributed by atoms with E-state index in [0.29, 0.717) is 29.2 Å². The van der Waals surface area contributed by atoms with Crippen LogP contribution in [0.2, 0.25) is 5.15 Å². The second kappa shape index (κ2) is 6.53. The summed E-state index contributed by atoms with van der Waals surface area (Å²) >= 11 is 6.11. The van der Waals surface area contributed by atoms with Gasteiger partial charge in [-0.05, 0) is 25.7 Å². The Bertz CT molecular complexity index is 484. The summed E-state index contributed by atoms with van der Waals surface area (Å²) in [7, 11) is 0. The third-order valence-electron chi connectivity index (χ3n) is 3.71. The molecule has 1 heterocycles. The molecule has 1 fully saturated rings. The van der Waals surface area contributed by atoms with Gasteiger partial charge in [0, 0.05) is 12.6 Å². The fraction of sp³-hybridized carbons (Fsp3) is 0.667. The monoisotopic (exact) mass is 295 g/mol. The molecular weight excluding hydrogens is 274 g/mol. The van der Waals surface area contributed by atoms with Gasteiger partial charge >= 0.3 is 0 Å². The van der Waals surface area contributed by atoms with E-state index < -0.39 is 0 Å². The highest BCUT2D eigenvalue weighted by molar-refractivity contribution is 6.32. The zero-order valence-electron chi connectivity index (χ0n) is 12.4. The summed E-state index contributed by atoms with van der Waals surface area (Å²) in [4.78, 5) is 22.2. The largest absolute Gasteiger partial charge is 0.353 e. The van der Waals surface area contributed by atoms with Crippen LogP contribution in [0.1, 0.15) is 55.7 Å². The number of aryl methyl sites for hydroxylation is 1. The molecule has 1 aromatic heterocycles. The summed E-state index contributed by atoms with van der Waals surface area (Å²) in [6.45, 7) is 7.06. The molecule has 0 atom stereocenters. The number of hydrogen-bond acceptors (Lipinski definition) is 4. The Morgan fingerprint density at radius 1 is 1.35 bits per heavy atom. The SMILES string of the molecule is Cc1nc(Cl)c(C=O)c(N(CC(C)C)C2CCCC2)n1. The lowest BCUT2D eigenvalue weighted by molar-refractivity contribution is 0.112. The first-order valence-electron chi connectivity index (χ1n) is 7.29. The quantitative estimate of drug-likeness (QED) is 0.614. The van der Waals surface area contributed by atoms with Crippen LogP contribution in [0.4, 0.5) is 5.82 Å². The molecule has 0 aliphatic heterocycles. The zero-order chi connectivity index (χ0) is 14.7. The number of anilines is 1. The van der Waals surface area contributed by atoms with E-state index in [1.807, 2.05) is 6.92 Å². The van der Waals surface area contributed by atoms with Gasteiger partial charge in [0.15, 0.2) is 6.29 Å². The molecule has 1 aliphatic rings. The van der Waals surface area contributed by atoms with E-state index in [-0.39, 0.29) is 5.15 Å². The predicted molar refractivity (Wildman–Crippen MR) is 81.6 cm³/mol. The molecular formula is C15H22ClN3O. The molecule has 1 saturated carbocycles. The van der Waals surface area contributed by atoms with Crippen molar-refractivity contribution < 1.29 is 4.79 Å². The van der Waals surface area contributed by atoms with Gasteiger partial charge in [-0.1, -0.05) is 38.3 Å². The Hall–Kier alpha value is -1.16. The molecule has 0 N–H and O–H groups in total. The van der Waals surface area contributed by atoms with E-state index >= 15 is 0 Å². The highest BCUT2D eigenvalue weighted by atomic mass is 35.5. The van der Waals surface area contributed by atoms with Crippen molar-refractivity contribution in [1.82, 2.24) is 9.97 Å². The van der Waals surface area contributed by atoms with Crippen molar-refractivity contribution >= 4 is 23.7 Å². The first-order valence-corrected chi connectivity index (χ1v) is 7.66. The zero-order valence-corrected chi connectivity index (χ0v) is 13.2. The van der Waals surface area contributed by atoms with E-state index in [2.05, 4.69) is 28.7 Å². The molecule has 0 aromatic carbocycles. The normalized spacial score (nSPS) is 15.8. The van der Waals surface area contributed by atoms with E-state index in [4.69, 9.17) is 11.6 Å². The van der Waals surface area contributed by atoms with Crippen molar-refractivity contribution in [1.29, 1.82) is 0 Å². The molecule has 2 rings (SSSR count). The number of carbonyl (C=O) groups is 1. The maximum absolute atomic E-state index is 11.4. The van der Waals surface area contributed by atoms with Crippen molar-refractivity contribution in [3.05, 3.63) is 16.5 Å². The van der Waals surface area contributed by atoms with Crippen LogP contribution < -0.4 is 4.90 Å². The molecule has 0 spiro atoms. The average Bonchev–Trinajstić information content (AvgIpc) is 2.88. The van der Waals surface area contributed by atoms with Crippen LogP contribution in [-0.2, 0) is 0 Å². The summed E-state index contributed by atoms with van der Waals surface area (Å²) < 4.78 is 0. The molecule has 4 nitrogen and oxygen atoms in total. The third kappa shape index (κ3) is 3.29. The Morgan fingerprint density at radius 3 is 2.55 bits per heavy atom. The van der Waals surface area contributed by atoms with Crippen molar-refractivity contribution in [3.8, 4) is 0 Å². The second-order valence-electron chi connectivity index (χ2n) is 5.90. The van der Waals surface area contributed by atoms with E-state index in [9.17, 15) is 4.79 Å². The van der Waals surface area contributed by atoms with Gasteiger partial charge in [0.05, 0.1) is 5.56 Å². The van der Waals surface area contributed by atoms with Gasteiger partial charge in [-0.3, -0.25) is 4.79 Å². The standard InChI is InChI=1S/C15H22ClN3O/c1-10(2)8-19(12-6-4-5-7-12)15-13(9-20)14(16)17-11(3)18-15/h9-10,12H,4-8H2,1-3H3. The minimum Gasteiger partial charge on any atom is -0.353 e. The van der Waals surface area contributed by atoms with Gasteiger partial charge in [0.1, 0.15) is 16.8 Å². The molecule has 1 aromatic rings. The molecule has 1 aliphatic carbocycles. The van der Waals surface area contributed by atoms with Crippen LogP contribution in [0.15, 0.2) is 0 Å². The first kappa shape index (κ1) is 15.2. The maximum Gasteiger partial charge on any atom is 0.156 e. The van der Waals surface area contributed by atoms with Crippen LogP contribution in [0.5, 0.6) is 0 Å². The summed E-state index contributed by atoms with van der Waals surface area (Å²) in [6.07, 6.45) is 5.58. The van der Waals surface area contributed by atoms with Crippen LogP contribution in [-0.4, -0.2) is 28.8 Å². The lowest BCUT2D eigenvalue weighted by atomic mass is 10.1. The Balaban J connectivity index is 2.43. The van der Waals surface area contributed by atoms with Crippen molar-refractivity contribution in [3.63, 3.8) is 0 Å². The fourth-order valence-electron chi connectivity index (χ4n) is 2.87. The summed E-state index contributed by atoms with van der Waals surface area (Å²) in [5, 5.41) is 0.259. The van der Waals surface area contributed by atoms with Gasteiger partial charge in [0.25, 0.3) is 0 Å². The highest BCUT2D eigenvalue weighted by Gasteiger charge is 2.27. The number of aromatic nitrogens is 2. The number of carbonyl (C=O) groups excluding carboxylic acids is 1. The van der Waals surface area contributed by atoms with Crippen molar-refractivity contribution in [2.45, 2.75) is 52.5 Å². The molecule has 0 amide bonds. The molecule has 110 valence electrons. The average molecular weight is 296 g/mol. The first-order chi connectivity index (χ1) is 9.52. The lowest BCUT2D eigenvalue weighted by Crippen LogP contribution is -2.38. The van der Waals surface area contributed by atoms with Gasteiger partial charge < -0.3 is 4.90 Å². The maximum atomic E-state index is 11.4. The molecule has 5 heteroatoms.